The Labute approximate surface area is 206 Å². The lowest BCUT2D eigenvalue weighted by Gasteiger charge is -2.34. The SMILES string of the molecule is CO[C@@H]1CN(C)C(=O)c2ccc(NC(=O)Nc3ccc(Cl)cc3)cc2OC[C@H](C)N(C)C[C@@H]1C. The number of nitrogens with one attached hydrogen (secondary N) is 2. The van der Waals surface area contributed by atoms with E-state index in [4.69, 9.17) is 21.1 Å². The summed E-state index contributed by atoms with van der Waals surface area (Å²) in [5, 5.41) is 6.13. The summed E-state index contributed by atoms with van der Waals surface area (Å²) in [5.41, 5.74) is 1.56. The van der Waals surface area contributed by atoms with E-state index in [1.165, 1.54) is 0 Å². The molecule has 34 heavy (non-hydrogen) atoms. The maximum Gasteiger partial charge on any atom is 0.323 e. The molecule has 0 aliphatic carbocycles. The minimum Gasteiger partial charge on any atom is -0.491 e. The Hall–Kier alpha value is -2.81. The van der Waals surface area contributed by atoms with Crippen molar-refractivity contribution in [3.05, 3.63) is 53.1 Å². The number of hydrogen-bond acceptors (Lipinski definition) is 5. The van der Waals surface area contributed by atoms with Gasteiger partial charge in [-0.05, 0) is 56.3 Å². The molecule has 2 N–H and O–H groups in total. The molecule has 0 radical (unpaired) electrons. The summed E-state index contributed by atoms with van der Waals surface area (Å²) in [5.74, 6) is 0.490. The molecule has 184 valence electrons. The highest BCUT2D eigenvalue weighted by molar-refractivity contribution is 6.30. The van der Waals surface area contributed by atoms with Crippen LogP contribution in [0.3, 0.4) is 0 Å². The van der Waals surface area contributed by atoms with E-state index in [1.54, 1.807) is 61.5 Å². The van der Waals surface area contributed by atoms with Crippen molar-refractivity contribution in [1.29, 1.82) is 0 Å². The Bertz CT molecular complexity index is 1000. The van der Waals surface area contributed by atoms with E-state index in [1.807, 2.05) is 0 Å². The number of likely N-dealkylation sites (N-methyl/N-ethyl adjacent to an activating group) is 2. The van der Waals surface area contributed by atoms with Crippen molar-refractivity contribution in [2.75, 3.05) is 51.5 Å². The highest BCUT2D eigenvalue weighted by atomic mass is 35.5. The van der Waals surface area contributed by atoms with Crippen molar-refractivity contribution in [2.45, 2.75) is 26.0 Å². The maximum absolute atomic E-state index is 13.2. The summed E-state index contributed by atoms with van der Waals surface area (Å²) in [6.45, 7) is 5.87. The first-order valence-electron chi connectivity index (χ1n) is 11.3. The fourth-order valence-electron chi connectivity index (χ4n) is 3.86. The smallest absolute Gasteiger partial charge is 0.323 e. The first kappa shape index (κ1) is 25.8. The summed E-state index contributed by atoms with van der Waals surface area (Å²) in [6.07, 6.45) is -0.0927. The van der Waals surface area contributed by atoms with E-state index < -0.39 is 6.03 Å². The number of urea groups is 1. The highest BCUT2D eigenvalue weighted by Crippen LogP contribution is 2.27. The van der Waals surface area contributed by atoms with Crippen LogP contribution in [0.2, 0.25) is 5.02 Å². The fourth-order valence-corrected chi connectivity index (χ4v) is 3.98. The van der Waals surface area contributed by atoms with Crippen molar-refractivity contribution < 1.29 is 19.1 Å². The van der Waals surface area contributed by atoms with E-state index in [-0.39, 0.29) is 24.0 Å². The zero-order chi connectivity index (χ0) is 24.8. The molecule has 3 atom stereocenters. The molecule has 9 heteroatoms. The molecule has 2 aromatic carbocycles. The first-order chi connectivity index (χ1) is 16.2. The summed E-state index contributed by atoms with van der Waals surface area (Å²) >= 11 is 5.89. The molecule has 1 aliphatic heterocycles. The molecule has 1 aliphatic rings. The van der Waals surface area contributed by atoms with Crippen LogP contribution in [0.25, 0.3) is 0 Å². The van der Waals surface area contributed by atoms with Crippen molar-refractivity contribution in [1.82, 2.24) is 9.80 Å². The Kier molecular flexibility index (Phi) is 8.77. The molecule has 1 heterocycles. The normalized spacial score (nSPS) is 22.1. The second-order valence-corrected chi connectivity index (χ2v) is 9.27. The zero-order valence-corrected chi connectivity index (χ0v) is 21.1. The molecular weight excluding hydrogens is 456 g/mol. The topological polar surface area (TPSA) is 83.1 Å². The van der Waals surface area contributed by atoms with Crippen LogP contribution in [-0.4, -0.2) is 74.8 Å². The van der Waals surface area contributed by atoms with Gasteiger partial charge in [-0.1, -0.05) is 18.5 Å². The van der Waals surface area contributed by atoms with Crippen molar-refractivity contribution >= 4 is 34.9 Å². The van der Waals surface area contributed by atoms with Crippen LogP contribution in [0.5, 0.6) is 5.75 Å². The molecule has 0 bridgehead atoms. The van der Waals surface area contributed by atoms with Gasteiger partial charge in [0.05, 0.1) is 11.7 Å². The van der Waals surface area contributed by atoms with Gasteiger partial charge in [-0.25, -0.2) is 4.79 Å². The molecule has 0 saturated carbocycles. The average molecular weight is 489 g/mol. The van der Waals surface area contributed by atoms with Crippen LogP contribution in [0, 0.1) is 5.92 Å². The summed E-state index contributed by atoms with van der Waals surface area (Å²) in [7, 11) is 5.49. The van der Waals surface area contributed by atoms with Gasteiger partial charge < -0.3 is 25.0 Å². The van der Waals surface area contributed by atoms with Crippen LogP contribution >= 0.6 is 11.6 Å². The molecule has 0 saturated heterocycles. The van der Waals surface area contributed by atoms with Gasteiger partial charge in [0.1, 0.15) is 12.4 Å². The number of carbonyl (C=O) groups is 2. The fraction of sp³-hybridized carbons (Fsp3) is 0.440. The molecule has 3 amide bonds. The van der Waals surface area contributed by atoms with E-state index in [0.717, 1.165) is 6.54 Å². The number of benzene rings is 2. The molecule has 0 unspecified atom stereocenters. The zero-order valence-electron chi connectivity index (χ0n) is 20.3. The van der Waals surface area contributed by atoms with Gasteiger partial charge in [0.15, 0.2) is 0 Å². The van der Waals surface area contributed by atoms with Crippen molar-refractivity contribution in [2.24, 2.45) is 5.92 Å². The lowest BCUT2D eigenvalue weighted by molar-refractivity contribution is 0.0150. The number of nitrogens with zero attached hydrogens (tertiary/aromatic N) is 2. The average Bonchev–Trinajstić information content (AvgIpc) is 2.81. The molecule has 8 nitrogen and oxygen atoms in total. The minimum absolute atomic E-state index is 0.0927. The van der Waals surface area contributed by atoms with E-state index in [2.05, 4.69) is 36.4 Å². The van der Waals surface area contributed by atoms with Gasteiger partial charge in [0.2, 0.25) is 0 Å². The number of fused-ring (bicyclic) bond motifs is 1. The number of amides is 3. The Morgan fingerprint density at radius 2 is 1.71 bits per heavy atom. The number of ether oxygens (including phenoxy) is 2. The maximum atomic E-state index is 13.2. The number of halogens is 1. The van der Waals surface area contributed by atoms with Crippen LogP contribution < -0.4 is 15.4 Å². The first-order valence-corrected chi connectivity index (χ1v) is 11.6. The number of anilines is 2. The highest BCUT2D eigenvalue weighted by Gasteiger charge is 2.27. The number of methoxy groups -OCH3 is 1. The lowest BCUT2D eigenvalue weighted by Crippen LogP contribution is -2.45. The second kappa shape index (κ2) is 11.6. The largest absolute Gasteiger partial charge is 0.491 e. The van der Waals surface area contributed by atoms with E-state index in [0.29, 0.717) is 40.9 Å². The van der Waals surface area contributed by atoms with Gasteiger partial charge in [0.25, 0.3) is 5.91 Å². The third kappa shape index (κ3) is 6.62. The van der Waals surface area contributed by atoms with E-state index >= 15 is 0 Å². The molecule has 2 aromatic rings. The van der Waals surface area contributed by atoms with Crippen molar-refractivity contribution in [3.63, 3.8) is 0 Å². The monoisotopic (exact) mass is 488 g/mol. The Morgan fingerprint density at radius 3 is 2.38 bits per heavy atom. The van der Waals surface area contributed by atoms with Gasteiger partial charge >= 0.3 is 6.03 Å². The molecule has 3 rings (SSSR count). The molecule has 0 aromatic heterocycles. The predicted molar refractivity (Wildman–Crippen MR) is 135 cm³/mol. The van der Waals surface area contributed by atoms with Crippen molar-refractivity contribution in [3.8, 4) is 5.75 Å². The Balaban J connectivity index is 1.82. The number of rotatable bonds is 3. The predicted octanol–water partition coefficient (Wildman–Crippen LogP) is 4.42. The minimum atomic E-state index is -0.413. The second-order valence-electron chi connectivity index (χ2n) is 8.83. The Morgan fingerprint density at radius 1 is 1.06 bits per heavy atom. The summed E-state index contributed by atoms with van der Waals surface area (Å²) in [4.78, 5) is 29.6. The van der Waals surface area contributed by atoms with Gasteiger partial charge in [-0.15, -0.1) is 0 Å². The third-order valence-corrected chi connectivity index (χ3v) is 6.37. The van der Waals surface area contributed by atoms with Crippen LogP contribution in [0.4, 0.5) is 16.2 Å². The third-order valence-electron chi connectivity index (χ3n) is 6.12. The molecule has 0 fully saturated rings. The number of hydrogen-bond donors (Lipinski definition) is 2. The van der Waals surface area contributed by atoms with Gasteiger partial charge in [0, 0.05) is 55.8 Å². The molecular formula is C25H33ClN4O4. The standard InChI is InChI=1S/C25H33ClN4O4/c1-16-13-29(3)17(2)15-34-22-12-20(28-25(32)27-19-8-6-18(26)7-9-19)10-11-21(22)24(31)30(4)14-23(16)33-5/h6-12,16-17,23H,13-15H2,1-5H3,(H2,27,28,32)/t16-,17-,23+/m0/s1. The van der Waals surface area contributed by atoms with Crippen LogP contribution in [-0.2, 0) is 4.74 Å². The van der Waals surface area contributed by atoms with E-state index in [9.17, 15) is 9.59 Å². The lowest BCUT2D eigenvalue weighted by atomic mass is 10.0. The summed E-state index contributed by atoms with van der Waals surface area (Å²) < 4.78 is 11.8. The van der Waals surface area contributed by atoms with Crippen LogP contribution in [0.1, 0.15) is 24.2 Å². The van der Waals surface area contributed by atoms with Gasteiger partial charge in [-0.2, -0.15) is 0 Å². The number of carbonyl (C=O) groups excluding carboxylic acids is 2. The molecule has 0 spiro atoms. The quantitative estimate of drug-likeness (QED) is 0.668. The van der Waals surface area contributed by atoms with Gasteiger partial charge in [-0.3, -0.25) is 9.69 Å². The summed E-state index contributed by atoms with van der Waals surface area (Å²) in [6, 6.07) is 11.6. The van der Waals surface area contributed by atoms with Crippen LogP contribution in [0.15, 0.2) is 42.5 Å².